The Morgan fingerprint density at radius 3 is 2.65 bits per heavy atom. The van der Waals surface area contributed by atoms with Gasteiger partial charge in [-0.2, -0.15) is 0 Å². The zero-order valence-electron chi connectivity index (χ0n) is 20.5. The van der Waals surface area contributed by atoms with Crippen molar-refractivity contribution in [2.75, 3.05) is 18.4 Å². The highest BCUT2D eigenvalue weighted by atomic mass is 32.1. The average Bonchev–Trinajstić information content (AvgIpc) is 3.36. The van der Waals surface area contributed by atoms with E-state index in [0.717, 1.165) is 38.1 Å². The number of amides is 1. The molecule has 37 heavy (non-hydrogen) atoms. The number of hydrogen-bond donors (Lipinski definition) is 2. The highest BCUT2D eigenvalue weighted by Gasteiger charge is 2.26. The van der Waals surface area contributed by atoms with Crippen LogP contribution in [-0.2, 0) is 0 Å². The summed E-state index contributed by atoms with van der Waals surface area (Å²) in [5.74, 6) is -0.564. The minimum atomic E-state index is -0.422. The number of aromatic nitrogens is 2. The number of rotatable bonds is 4. The Balaban J connectivity index is 1.31. The largest absolute Gasteiger partial charge is 0.355 e. The lowest BCUT2D eigenvalue weighted by atomic mass is 10.00. The molecule has 1 aliphatic heterocycles. The van der Waals surface area contributed by atoms with Crippen molar-refractivity contribution in [3.63, 3.8) is 0 Å². The summed E-state index contributed by atoms with van der Waals surface area (Å²) in [4.78, 5) is 23.7. The van der Waals surface area contributed by atoms with E-state index in [0.29, 0.717) is 24.2 Å². The van der Waals surface area contributed by atoms with Crippen LogP contribution >= 0.6 is 11.3 Å². The molecule has 0 radical (unpaired) electrons. The minimum Gasteiger partial charge on any atom is -0.355 e. The Morgan fingerprint density at radius 2 is 1.84 bits per heavy atom. The lowest BCUT2D eigenvalue weighted by molar-refractivity contribution is 0.0673. The Hall–Kier alpha value is -3.88. The van der Waals surface area contributed by atoms with Gasteiger partial charge in [-0.05, 0) is 67.9 Å². The quantitative estimate of drug-likeness (QED) is 0.300. The molecule has 0 aliphatic carbocycles. The number of benzene rings is 3. The van der Waals surface area contributed by atoms with E-state index >= 15 is 4.39 Å². The van der Waals surface area contributed by atoms with Crippen molar-refractivity contribution in [3.05, 3.63) is 83.8 Å². The Morgan fingerprint density at radius 1 is 1.00 bits per heavy atom. The smallest absolute Gasteiger partial charge is 0.254 e. The topological polar surface area (TPSA) is 70.2 Å². The van der Waals surface area contributed by atoms with E-state index in [9.17, 15) is 4.79 Å². The predicted molar refractivity (Wildman–Crippen MR) is 148 cm³/mol. The molecule has 1 saturated heterocycles. The third-order valence-electron chi connectivity index (χ3n) is 6.72. The van der Waals surface area contributed by atoms with Crippen molar-refractivity contribution in [1.29, 1.82) is 0 Å². The Labute approximate surface area is 218 Å². The van der Waals surface area contributed by atoms with Gasteiger partial charge < -0.3 is 15.5 Å². The fourth-order valence-electron chi connectivity index (χ4n) is 5.07. The van der Waals surface area contributed by atoms with Crippen LogP contribution in [0, 0.1) is 5.82 Å². The van der Waals surface area contributed by atoms with Gasteiger partial charge in [0.2, 0.25) is 0 Å². The van der Waals surface area contributed by atoms with E-state index in [2.05, 4.69) is 34.4 Å². The van der Waals surface area contributed by atoms with Gasteiger partial charge in [0.05, 0.1) is 21.2 Å². The summed E-state index contributed by atoms with van der Waals surface area (Å²) in [6.45, 7) is 5.31. The van der Waals surface area contributed by atoms with E-state index in [1.54, 1.807) is 34.6 Å². The van der Waals surface area contributed by atoms with Crippen molar-refractivity contribution in [1.82, 2.24) is 20.2 Å². The molecule has 2 atom stereocenters. The molecule has 0 bridgehead atoms. The van der Waals surface area contributed by atoms with Gasteiger partial charge in [-0.3, -0.25) is 9.78 Å². The normalized spacial score (nSPS) is 17.9. The predicted octanol–water partition coefficient (Wildman–Crippen LogP) is 6.22. The van der Waals surface area contributed by atoms with Gasteiger partial charge in [0, 0.05) is 59.3 Å². The summed E-state index contributed by atoms with van der Waals surface area (Å²) in [6, 6.07) is 18.8. The van der Waals surface area contributed by atoms with Crippen LogP contribution in [0.3, 0.4) is 0 Å². The summed E-state index contributed by atoms with van der Waals surface area (Å²) in [6.07, 6.45) is 1.75. The fraction of sp³-hybridized carbons (Fsp3) is 0.207. The van der Waals surface area contributed by atoms with Gasteiger partial charge >= 0.3 is 0 Å². The minimum absolute atomic E-state index is 0.142. The molecular weight excluding hydrogens is 485 g/mol. The molecule has 6 rings (SSSR count). The van der Waals surface area contributed by atoms with Crippen LogP contribution in [-0.4, -0.2) is 45.9 Å². The second kappa shape index (κ2) is 9.53. The van der Waals surface area contributed by atoms with Crippen LogP contribution in [0.2, 0.25) is 0 Å². The lowest BCUT2D eigenvalue weighted by Gasteiger charge is -2.36. The Kier molecular flexibility index (Phi) is 6.06. The number of carbonyl (C=O) groups excluding carboxylic acids is 1. The first kappa shape index (κ1) is 23.5. The molecule has 0 saturated carbocycles. The molecule has 0 spiro atoms. The number of thiazole rings is 1. The third kappa shape index (κ3) is 4.65. The van der Waals surface area contributed by atoms with Crippen molar-refractivity contribution in [2.45, 2.75) is 25.9 Å². The molecule has 2 aromatic heterocycles. The number of nitrogens with one attached hydrogen (secondary N) is 2. The van der Waals surface area contributed by atoms with Crippen LogP contribution in [0.15, 0.2) is 72.4 Å². The van der Waals surface area contributed by atoms with E-state index < -0.39 is 5.82 Å². The van der Waals surface area contributed by atoms with E-state index in [-0.39, 0.29) is 18.0 Å². The maximum Gasteiger partial charge on any atom is 0.254 e. The summed E-state index contributed by atoms with van der Waals surface area (Å²) in [5.41, 5.74) is 6.90. The number of carbonyl (C=O) groups is 1. The van der Waals surface area contributed by atoms with Crippen LogP contribution in [0.25, 0.3) is 32.2 Å². The number of fused-ring (bicyclic) bond motifs is 2. The third-order valence-corrected chi connectivity index (χ3v) is 7.53. The monoisotopic (exact) mass is 511 g/mol. The molecule has 2 N–H and O–H groups in total. The molecule has 0 unspecified atom stereocenters. The molecule has 1 fully saturated rings. The number of piperazine rings is 1. The van der Waals surface area contributed by atoms with Gasteiger partial charge in [0.1, 0.15) is 5.82 Å². The number of halogens is 1. The summed E-state index contributed by atoms with van der Waals surface area (Å²) in [5, 5.41) is 7.76. The van der Waals surface area contributed by atoms with Crippen molar-refractivity contribution >= 4 is 49.7 Å². The van der Waals surface area contributed by atoms with Crippen molar-refractivity contribution < 1.29 is 9.18 Å². The molecule has 1 aliphatic rings. The molecule has 8 heteroatoms. The standard InChI is InChI=1S/C29H26FN5OS/c1-17-14-35(15-18(2)33-17)29(36)20-3-6-22(24(30)12-20)19-4-7-25-23(11-19)26(9-10-31-25)34-21-5-8-28-27(13-21)32-16-37-28/h3-13,16-18,33H,14-15H2,1-2H3,(H,31,34)/t17-,18+. The lowest BCUT2D eigenvalue weighted by Crippen LogP contribution is -2.55. The maximum atomic E-state index is 15.4. The molecule has 3 aromatic carbocycles. The Bertz CT molecular complexity index is 1620. The van der Waals surface area contributed by atoms with Gasteiger partial charge in [-0.1, -0.05) is 12.1 Å². The first-order chi connectivity index (χ1) is 17.9. The highest BCUT2D eigenvalue weighted by Crippen LogP contribution is 2.32. The number of nitrogens with zero attached hydrogens (tertiary/aromatic N) is 3. The molecule has 186 valence electrons. The molecule has 1 amide bonds. The fourth-order valence-corrected chi connectivity index (χ4v) is 5.73. The molecule has 3 heterocycles. The molecule has 5 aromatic rings. The van der Waals surface area contributed by atoms with Crippen LogP contribution in [0.5, 0.6) is 0 Å². The van der Waals surface area contributed by atoms with Crippen molar-refractivity contribution in [3.8, 4) is 11.1 Å². The summed E-state index contributed by atoms with van der Waals surface area (Å²) >= 11 is 1.61. The van der Waals surface area contributed by atoms with E-state index in [1.807, 2.05) is 48.0 Å². The number of pyridine rings is 1. The molecular formula is C29H26FN5OS. The SMILES string of the molecule is C[C@@H]1CN(C(=O)c2ccc(-c3ccc4nccc(Nc5ccc6scnc6c5)c4c3)c(F)c2)C[C@H](C)N1. The van der Waals surface area contributed by atoms with Gasteiger partial charge in [0.25, 0.3) is 5.91 Å². The first-order valence-corrected chi connectivity index (χ1v) is 13.2. The average molecular weight is 512 g/mol. The maximum absolute atomic E-state index is 15.4. The van der Waals surface area contributed by atoms with Gasteiger partial charge in [0.15, 0.2) is 0 Å². The van der Waals surface area contributed by atoms with Gasteiger partial charge in [-0.25, -0.2) is 9.37 Å². The second-order valence-corrected chi connectivity index (χ2v) is 10.5. The number of anilines is 2. The molecule has 6 nitrogen and oxygen atoms in total. The van der Waals surface area contributed by atoms with E-state index in [4.69, 9.17) is 0 Å². The van der Waals surface area contributed by atoms with Crippen molar-refractivity contribution in [2.24, 2.45) is 0 Å². The first-order valence-electron chi connectivity index (χ1n) is 12.3. The summed E-state index contributed by atoms with van der Waals surface area (Å²) < 4.78 is 16.5. The number of hydrogen-bond acceptors (Lipinski definition) is 6. The zero-order valence-corrected chi connectivity index (χ0v) is 21.3. The zero-order chi connectivity index (χ0) is 25.5. The van der Waals surface area contributed by atoms with Crippen LogP contribution < -0.4 is 10.6 Å². The van der Waals surface area contributed by atoms with Gasteiger partial charge in [-0.15, -0.1) is 11.3 Å². The van der Waals surface area contributed by atoms with E-state index in [1.165, 1.54) is 6.07 Å². The second-order valence-electron chi connectivity index (χ2n) is 9.62. The summed E-state index contributed by atoms with van der Waals surface area (Å²) in [7, 11) is 0. The van der Waals surface area contributed by atoms with Crippen LogP contribution in [0.1, 0.15) is 24.2 Å². The highest BCUT2D eigenvalue weighted by molar-refractivity contribution is 7.16. The van der Waals surface area contributed by atoms with Crippen LogP contribution in [0.4, 0.5) is 15.8 Å².